The van der Waals surface area contributed by atoms with E-state index in [1.54, 1.807) is 7.05 Å². The predicted octanol–water partition coefficient (Wildman–Crippen LogP) is 2.69. The summed E-state index contributed by atoms with van der Waals surface area (Å²) in [6, 6.07) is 18.9. The maximum atomic E-state index is 12.8. The van der Waals surface area contributed by atoms with Crippen LogP contribution in [-0.2, 0) is 26.6 Å². The van der Waals surface area contributed by atoms with Crippen LogP contribution >= 0.6 is 0 Å². The van der Waals surface area contributed by atoms with Gasteiger partial charge in [0.15, 0.2) is 11.2 Å². The van der Waals surface area contributed by atoms with Gasteiger partial charge in [0.2, 0.25) is 5.95 Å². The molecule has 182 valence electrons. The molecule has 8 nitrogen and oxygen atoms in total. The van der Waals surface area contributed by atoms with E-state index in [2.05, 4.69) is 58.1 Å². The van der Waals surface area contributed by atoms with Gasteiger partial charge in [0.25, 0.3) is 5.56 Å². The second-order valence-corrected chi connectivity index (χ2v) is 9.33. The Kier molecular flexibility index (Phi) is 6.55. The van der Waals surface area contributed by atoms with Crippen LogP contribution in [-0.4, -0.2) is 50.2 Å². The van der Waals surface area contributed by atoms with Crippen molar-refractivity contribution in [3.05, 3.63) is 92.1 Å². The van der Waals surface area contributed by atoms with E-state index in [0.29, 0.717) is 17.7 Å². The number of nitrogens with zero attached hydrogens (tertiary/aromatic N) is 5. The van der Waals surface area contributed by atoms with Crippen LogP contribution in [0.5, 0.6) is 0 Å². The van der Waals surface area contributed by atoms with Gasteiger partial charge in [0.05, 0.1) is 0 Å². The average Bonchev–Trinajstić information content (AvgIpc) is 3.25. The molecule has 0 atom stereocenters. The number of hydrogen-bond acceptors (Lipinski definition) is 5. The molecule has 8 heteroatoms. The van der Waals surface area contributed by atoms with E-state index in [1.807, 2.05) is 22.8 Å². The summed E-state index contributed by atoms with van der Waals surface area (Å²) in [6.07, 6.45) is 1.78. The monoisotopic (exact) mass is 472 g/mol. The third-order valence-corrected chi connectivity index (χ3v) is 6.99. The highest BCUT2D eigenvalue weighted by Crippen LogP contribution is 2.22. The highest BCUT2D eigenvalue weighted by atomic mass is 16.2. The average molecular weight is 473 g/mol. The van der Waals surface area contributed by atoms with Crippen molar-refractivity contribution >= 4 is 17.1 Å². The number of piperazine rings is 1. The van der Waals surface area contributed by atoms with Crippen molar-refractivity contribution in [2.45, 2.75) is 32.9 Å². The summed E-state index contributed by atoms with van der Waals surface area (Å²) in [5.41, 5.74) is 4.04. The number of benzene rings is 2. The molecule has 4 aromatic rings. The number of rotatable bonds is 7. The van der Waals surface area contributed by atoms with Gasteiger partial charge in [-0.3, -0.25) is 19.2 Å². The van der Waals surface area contributed by atoms with Crippen LogP contribution in [0.3, 0.4) is 0 Å². The fourth-order valence-corrected chi connectivity index (χ4v) is 4.90. The van der Waals surface area contributed by atoms with Crippen molar-refractivity contribution in [1.82, 2.24) is 24.0 Å². The molecular formula is C27H32N6O2. The minimum absolute atomic E-state index is 0.375. The van der Waals surface area contributed by atoms with Gasteiger partial charge in [0.1, 0.15) is 0 Å². The summed E-state index contributed by atoms with van der Waals surface area (Å²) >= 11 is 0. The molecule has 1 fully saturated rings. The van der Waals surface area contributed by atoms with Crippen molar-refractivity contribution < 1.29 is 0 Å². The first kappa shape index (κ1) is 23.1. The van der Waals surface area contributed by atoms with Gasteiger partial charge < -0.3 is 9.47 Å². The lowest BCUT2D eigenvalue weighted by atomic mass is 10.1. The molecule has 0 aliphatic carbocycles. The van der Waals surface area contributed by atoms with Crippen LogP contribution in [0.2, 0.25) is 0 Å². The smallest absolute Gasteiger partial charge is 0.329 e. The summed E-state index contributed by atoms with van der Waals surface area (Å²) in [5, 5.41) is 0. The molecule has 0 radical (unpaired) electrons. The molecule has 0 bridgehead atoms. The zero-order chi connectivity index (χ0) is 24.4. The number of nitrogens with one attached hydrogen (secondary N) is 1. The van der Waals surface area contributed by atoms with Crippen LogP contribution in [0.15, 0.2) is 64.2 Å². The van der Waals surface area contributed by atoms with E-state index in [0.717, 1.165) is 51.5 Å². The minimum atomic E-state index is -0.439. The number of hydrogen-bond donors (Lipinski definition) is 1. The second kappa shape index (κ2) is 9.92. The van der Waals surface area contributed by atoms with E-state index < -0.39 is 5.69 Å². The lowest BCUT2D eigenvalue weighted by molar-refractivity contribution is 0.247. The fraction of sp³-hybridized carbons (Fsp3) is 0.370. The predicted molar refractivity (Wildman–Crippen MR) is 139 cm³/mol. The van der Waals surface area contributed by atoms with Crippen LogP contribution in [0, 0.1) is 6.92 Å². The maximum Gasteiger partial charge on any atom is 0.329 e. The molecule has 1 N–H and O–H groups in total. The Bertz CT molecular complexity index is 1430. The lowest BCUT2D eigenvalue weighted by Crippen LogP contribution is -2.47. The van der Waals surface area contributed by atoms with E-state index in [-0.39, 0.29) is 5.56 Å². The van der Waals surface area contributed by atoms with Crippen molar-refractivity contribution in [1.29, 1.82) is 0 Å². The Balaban J connectivity index is 1.39. The van der Waals surface area contributed by atoms with Crippen LogP contribution in [0.25, 0.3) is 11.2 Å². The number of fused-ring (bicyclic) bond motifs is 1. The Hall–Kier alpha value is -3.65. The van der Waals surface area contributed by atoms with E-state index in [9.17, 15) is 9.59 Å². The van der Waals surface area contributed by atoms with E-state index >= 15 is 0 Å². The van der Waals surface area contributed by atoms with Crippen LogP contribution in [0.4, 0.5) is 5.95 Å². The van der Waals surface area contributed by atoms with E-state index in [4.69, 9.17) is 4.98 Å². The summed E-state index contributed by atoms with van der Waals surface area (Å²) in [7, 11) is 1.66. The van der Waals surface area contributed by atoms with Gasteiger partial charge in [-0.05, 0) is 36.5 Å². The molecule has 1 aliphatic rings. The number of aryl methyl sites for hydroxylation is 4. The summed E-state index contributed by atoms with van der Waals surface area (Å²) in [4.78, 5) is 37.0. The lowest BCUT2D eigenvalue weighted by Gasteiger charge is -2.35. The first-order valence-corrected chi connectivity index (χ1v) is 12.3. The molecule has 0 unspecified atom stereocenters. The molecule has 0 saturated carbocycles. The Morgan fingerprint density at radius 1 is 0.943 bits per heavy atom. The molecule has 1 aliphatic heterocycles. The molecule has 0 spiro atoms. The van der Waals surface area contributed by atoms with Gasteiger partial charge in [-0.1, -0.05) is 54.6 Å². The fourth-order valence-electron chi connectivity index (χ4n) is 4.90. The third-order valence-electron chi connectivity index (χ3n) is 6.99. The number of anilines is 1. The molecule has 1 saturated heterocycles. The number of aromatic amines is 1. The first-order valence-electron chi connectivity index (χ1n) is 12.3. The van der Waals surface area contributed by atoms with Crippen molar-refractivity contribution in [3.63, 3.8) is 0 Å². The van der Waals surface area contributed by atoms with Crippen LogP contribution in [0.1, 0.15) is 23.1 Å². The van der Waals surface area contributed by atoms with Gasteiger partial charge in [-0.2, -0.15) is 4.98 Å². The molecule has 35 heavy (non-hydrogen) atoms. The number of aromatic nitrogens is 4. The topological polar surface area (TPSA) is 79.2 Å². The van der Waals surface area contributed by atoms with Gasteiger partial charge >= 0.3 is 5.69 Å². The molecule has 0 amide bonds. The third kappa shape index (κ3) is 4.79. The SMILES string of the molecule is Cc1ccccc1CN1CCN(c2nc3c(c(=O)[nH]c(=O)n3C)n2CCCc2ccccc2)CC1. The van der Waals surface area contributed by atoms with Crippen molar-refractivity contribution in [3.8, 4) is 0 Å². The van der Waals surface area contributed by atoms with Gasteiger partial charge in [-0.15, -0.1) is 0 Å². The highest BCUT2D eigenvalue weighted by Gasteiger charge is 2.25. The van der Waals surface area contributed by atoms with Gasteiger partial charge in [0, 0.05) is 46.3 Å². The highest BCUT2D eigenvalue weighted by molar-refractivity contribution is 5.74. The summed E-state index contributed by atoms with van der Waals surface area (Å²) < 4.78 is 3.44. The Morgan fingerprint density at radius 2 is 1.66 bits per heavy atom. The van der Waals surface area contributed by atoms with Crippen LogP contribution < -0.4 is 16.1 Å². The number of H-pyrrole nitrogens is 1. The first-order chi connectivity index (χ1) is 17.0. The Labute approximate surface area is 204 Å². The Morgan fingerprint density at radius 3 is 2.40 bits per heavy atom. The minimum Gasteiger partial charge on any atom is -0.340 e. The van der Waals surface area contributed by atoms with Crippen molar-refractivity contribution in [2.24, 2.45) is 7.05 Å². The molecule has 3 heterocycles. The number of imidazole rings is 1. The largest absolute Gasteiger partial charge is 0.340 e. The molecule has 2 aromatic heterocycles. The molecule has 5 rings (SSSR count). The standard InChI is InChI=1S/C27H32N6O2/c1-20-9-6-7-13-22(20)19-31-15-17-32(18-16-31)26-28-24-23(25(34)29-27(35)30(24)2)33(26)14-8-12-21-10-4-3-5-11-21/h3-7,9-11,13H,8,12,14-19H2,1-2H3,(H,29,34,35). The maximum absolute atomic E-state index is 12.8. The van der Waals surface area contributed by atoms with E-state index in [1.165, 1.54) is 21.3 Å². The second-order valence-electron chi connectivity index (χ2n) is 9.33. The van der Waals surface area contributed by atoms with Crippen molar-refractivity contribution in [2.75, 3.05) is 31.1 Å². The summed E-state index contributed by atoms with van der Waals surface area (Å²) in [5.74, 6) is 0.773. The zero-order valence-electron chi connectivity index (χ0n) is 20.4. The molecule has 2 aromatic carbocycles. The zero-order valence-corrected chi connectivity index (χ0v) is 20.4. The normalized spacial score (nSPS) is 14.6. The van der Waals surface area contributed by atoms with Gasteiger partial charge in [-0.25, -0.2) is 4.79 Å². The quantitative estimate of drug-likeness (QED) is 0.447. The molecular weight excluding hydrogens is 440 g/mol. The summed E-state index contributed by atoms with van der Waals surface area (Å²) in [6.45, 7) is 7.21.